The summed E-state index contributed by atoms with van der Waals surface area (Å²) in [4.78, 5) is 14.8. The highest BCUT2D eigenvalue weighted by molar-refractivity contribution is 5.83. The van der Waals surface area contributed by atoms with Gasteiger partial charge in [0.05, 0.1) is 17.8 Å². The lowest BCUT2D eigenvalue weighted by atomic mass is 10.0. The minimum absolute atomic E-state index is 0.0351. The fourth-order valence-corrected chi connectivity index (χ4v) is 3.70. The minimum Gasteiger partial charge on any atom is -0.334 e. The Morgan fingerprint density at radius 1 is 1.30 bits per heavy atom. The van der Waals surface area contributed by atoms with Crippen LogP contribution in [0.5, 0.6) is 0 Å². The number of hydrogen-bond acceptors (Lipinski definition) is 3. The summed E-state index contributed by atoms with van der Waals surface area (Å²) in [5.74, 6) is 0.285. The number of rotatable bonds is 2. The Morgan fingerprint density at radius 3 is 2.70 bits per heavy atom. The zero-order valence-corrected chi connectivity index (χ0v) is 12.6. The van der Waals surface area contributed by atoms with E-state index in [0.717, 1.165) is 44.5 Å². The van der Waals surface area contributed by atoms with Crippen LogP contribution in [0.1, 0.15) is 48.7 Å². The van der Waals surface area contributed by atoms with Gasteiger partial charge in [0.2, 0.25) is 5.91 Å². The lowest BCUT2D eigenvalue weighted by Crippen LogP contribution is -2.43. The Hall–Kier alpha value is -1.36. The molecule has 0 aromatic carbocycles. The highest BCUT2D eigenvalue weighted by Gasteiger charge is 2.37. The minimum atomic E-state index is 0.0351. The number of likely N-dealkylation sites (tertiary alicyclic amines) is 1. The summed E-state index contributed by atoms with van der Waals surface area (Å²) in [6.45, 7) is 6.01. The van der Waals surface area contributed by atoms with E-state index in [1.807, 2.05) is 11.7 Å². The van der Waals surface area contributed by atoms with Gasteiger partial charge < -0.3 is 10.2 Å². The second kappa shape index (κ2) is 5.20. The first-order chi connectivity index (χ1) is 9.59. The summed E-state index contributed by atoms with van der Waals surface area (Å²) in [5, 5.41) is 7.84. The van der Waals surface area contributed by atoms with Crippen LogP contribution in [0.3, 0.4) is 0 Å². The predicted molar refractivity (Wildman–Crippen MR) is 77.4 cm³/mol. The molecule has 2 unspecified atom stereocenters. The van der Waals surface area contributed by atoms with Crippen molar-refractivity contribution in [2.24, 2.45) is 7.05 Å². The summed E-state index contributed by atoms with van der Waals surface area (Å²) < 4.78 is 1.93. The Bertz CT molecular complexity index is 516. The Morgan fingerprint density at radius 2 is 2.10 bits per heavy atom. The number of nitrogens with one attached hydrogen (secondary N) is 1. The monoisotopic (exact) mass is 276 g/mol. The molecular weight excluding hydrogens is 252 g/mol. The van der Waals surface area contributed by atoms with Crippen LogP contribution in [0.2, 0.25) is 0 Å². The summed E-state index contributed by atoms with van der Waals surface area (Å²) in [6, 6.07) is 0.256. The van der Waals surface area contributed by atoms with Gasteiger partial charge in [-0.15, -0.1) is 0 Å². The smallest absolute Gasteiger partial charge is 0.240 e. The van der Waals surface area contributed by atoms with Crippen molar-refractivity contribution in [3.05, 3.63) is 17.0 Å². The van der Waals surface area contributed by atoms with Gasteiger partial charge in [0.25, 0.3) is 0 Å². The van der Waals surface area contributed by atoms with E-state index < -0.39 is 0 Å². The maximum absolute atomic E-state index is 12.7. The predicted octanol–water partition coefficient (Wildman–Crippen LogP) is 1.45. The van der Waals surface area contributed by atoms with Crippen molar-refractivity contribution >= 4 is 5.91 Å². The molecule has 0 bridgehead atoms. The molecule has 1 aromatic rings. The maximum Gasteiger partial charge on any atom is 0.240 e. The summed E-state index contributed by atoms with van der Waals surface area (Å²) in [5.41, 5.74) is 3.51. The first-order valence-electron chi connectivity index (χ1n) is 7.63. The normalized spacial score (nSPS) is 26.4. The van der Waals surface area contributed by atoms with E-state index in [0.29, 0.717) is 0 Å². The van der Waals surface area contributed by atoms with Gasteiger partial charge in [0.1, 0.15) is 0 Å². The van der Waals surface area contributed by atoms with Crippen LogP contribution in [-0.4, -0.2) is 39.7 Å². The van der Waals surface area contributed by atoms with E-state index in [9.17, 15) is 4.79 Å². The molecule has 5 heteroatoms. The molecule has 3 heterocycles. The summed E-state index contributed by atoms with van der Waals surface area (Å²) >= 11 is 0. The molecule has 1 amide bonds. The van der Waals surface area contributed by atoms with Gasteiger partial charge in [-0.1, -0.05) is 0 Å². The van der Waals surface area contributed by atoms with Crippen molar-refractivity contribution in [2.75, 3.05) is 13.1 Å². The molecule has 2 aliphatic heterocycles. The Balaban J connectivity index is 1.86. The topological polar surface area (TPSA) is 50.2 Å². The number of hydrogen-bond donors (Lipinski definition) is 1. The molecule has 2 atom stereocenters. The molecule has 1 N–H and O–H groups in total. The molecule has 2 fully saturated rings. The largest absolute Gasteiger partial charge is 0.334 e. The van der Waals surface area contributed by atoms with Gasteiger partial charge in [0, 0.05) is 24.8 Å². The highest BCUT2D eigenvalue weighted by atomic mass is 16.2. The Kier molecular flexibility index (Phi) is 3.54. The lowest BCUT2D eigenvalue weighted by Gasteiger charge is -2.28. The van der Waals surface area contributed by atoms with E-state index in [1.165, 1.54) is 11.3 Å². The third kappa shape index (κ3) is 2.14. The van der Waals surface area contributed by atoms with Crippen LogP contribution >= 0.6 is 0 Å². The number of carbonyl (C=O) groups excluding carboxylic acids is 1. The van der Waals surface area contributed by atoms with Crippen LogP contribution in [0, 0.1) is 13.8 Å². The zero-order chi connectivity index (χ0) is 14.3. The number of carbonyl (C=O) groups is 1. The molecule has 3 rings (SSSR count). The van der Waals surface area contributed by atoms with Crippen molar-refractivity contribution in [2.45, 2.75) is 51.6 Å². The first-order valence-corrected chi connectivity index (χ1v) is 7.63. The SMILES string of the molecule is Cc1nn(C)c(C)c1C1CCCN1C(=O)C1CCCN1. The molecule has 5 nitrogen and oxygen atoms in total. The van der Waals surface area contributed by atoms with Gasteiger partial charge in [-0.05, 0) is 46.1 Å². The second-order valence-electron chi connectivity index (χ2n) is 6.05. The lowest BCUT2D eigenvalue weighted by molar-refractivity contribution is -0.134. The molecule has 2 aliphatic rings. The third-order valence-corrected chi connectivity index (χ3v) is 4.79. The van der Waals surface area contributed by atoms with E-state index in [1.54, 1.807) is 0 Å². The molecule has 0 saturated carbocycles. The first kappa shape index (κ1) is 13.6. The van der Waals surface area contributed by atoms with Gasteiger partial charge in [-0.2, -0.15) is 5.10 Å². The van der Waals surface area contributed by atoms with E-state index in [4.69, 9.17) is 0 Å². The van der Waals surface area contributed by atoms with Crippen LogP contribution in [0.25, 0.3) is 0 Å². The molecule has 2 saturated heterocycles. The van der Waals surface area contributed by atoms with E-state index in [-0.39, 0.29) is 18.0 Å². The standard InChI is InChI=1S/C15H24N4O/c1-10-14(11(2)18(3)17-10)13-7-5-9-19(13)15(20)12-6-4-8-16-12/h12-13,16H,4-9H2,1-3H3. The van der Waals surface area contributed by atoms with E-state index >= 15 is 0 Å². The van der Waals surface area contributed by atoms with Crippen LogP contribution in [-0.2, 0) is 11.8 Å². The van der Waals surface area contributed by atoms with Crippen molar-refractivity contribution in [1.82, 2.24) is 20.0 Å². The maximum atomic E-state index is 12.7. The van der Waals surface area contributed by atoms with Crippen LogP contribution < -0.4 is 5.32 Å². The summed E-state index contributed by atoms with van der Waals surface area (Å²) in [6.07, 6.45) is 4.25. The molecular formula is C15H24N4O. The van der Waals surface area contributed by atoms with Crippen molar-refractivity contribution in [3.8, 4) is 0 Å². The molecule has 0 aliphatic carbocycles. The van der Waals surface area contributed by atoms with Crippen LogP contribution in [0.4, 0.5) is 0 Å². The number of aryl methyl sites for hydroxylation is 2. The quantitative estimate of drug-likeness (QED) is 0.889. The fraction of sp³-hybridized carbons (Fsp3) is 0.733. The number of nitrogens with zero attached hydrogens (tertiary/aromatic N) is 3. The highest BCUT2D eigenvalue weighted by Crippen LogP contribution is 2.36. The zero-order valence-electron chi connectivity index (χ0n) is 12.6. The van der Waals surface area contributed by atoms with Gasteiger partial charge in [0.15, 0.2) is 0 Å². The van der Waals surface area contributed by atoms with Gasteiger partial charge in [-0.25, -0.2) is 0 Å². The average molecular weight is 276 g/mol. The Labute approximate surface area is 120 Å². The second-order valence-corrected chi connectivity index (χ2v) is 6.05. The molecule has 20 heavy (non-hydrogen) atoms. The fourth-order valence-electron chi connectivity index (χ4n) is 3.70. The van der Waals surface area contributed by atoms with Gasteiger partial charge in [-0.3, -0.25) is 9.48 Å². The third-order valence-electron chi connectivity index (χ3n) is 4.79. The molecule has 0 radical (unpaired) electrons. The molecule has 1 aromatic heterocycles. The number of aromatic nitrogens is 2. The van der Waals surface area contributed by atoms with Crippen molar-refractivity contribution in [1.29, 1.82) is 0 Å². The van der Waals surface area contributed by atoms with Crippen molar-refractivity contribution in [3.63, 3.8) is 0 Å². The summed E-state index contributed by atoms with van der Waals surface area (Å²) in [7, 11) is 1.98. The van der Waals surface area contributed by atoms with E-state index in [2.05, 4.69) is 29.2 Å². The average Bonchev–Trinajstić information content (AvgIpc) is 3.12. The van der Waals surface area contributed by atoms with Gasteiger partial charge >= 0.3 is 0 Å². The van der Waals surface area contributed by atoms with Crippen molar-refractivity contribution < 1.29 is 4.79 Å². The number of amides is 1. The van der Waals surface area contributed by atoms with Crippen LogP contribution in [0.15, 0.2) is 0 Å². The molecule has 110 valence electrons. The molecule has 0 spiro atoms.